The average Bonchev–Trinajstić information content (AvgIpc) is 3.23. The SMILES string of the molecule is CC(=N)NC(=O)c1nc2c(n1C)CN([C@H]1CO[C@H](c3cc(F)ccc3F)[C@@H](N)C1)C2. The average molecular weight is 418 g/mol. The number of fused-ring (bicyclic) bond motifs is 1. The van der Waals surface area contributed by atoms with Crippen molar-refractivity contribution in [1.82, 2.24) is 19.8 Å². The van der Waals surface area contributed by atoms with E-state index in [1.807, 2.05) is 0 Å². The first-order chi connectivity index (χ1) is 14.2. The molecule has 0 radical (unpaired) electrons. The Morgan fingerprint density at radius 2 is 2.13 bits per heavy atom. The number of amides is 1. The number of ether oxygens (including phenoxy) is 1. The van der Waals surface area contributed by atoms with Crippen molar-refractivity contribution in [2.24, 2.45) is 12.8 Å². The lowest BCUT2D eigenvalue weighted by Crippen LogP contribution is -2.48. The molecule has 4 rings (SSSR count). The van der Waals surface area contributed by atoms with Crippen LogP contribution in [0.2, 0.25) is 0 Å². The Hall–Kier alpha value is -2.69. The Kier molecular flexibility index (Phi) is 5.39. The van der Waals surface area contributed by atoms with E-state index in [2.05, 4.69) is 15.2 Å². The van der Waals surface area contributed by atoms with Gasteiger partial charge >= 0.3 is 0 Å². The van der Waals surface area contributed by atoms with Crippen molar-refractivity contribution in [2.45, 2.75) is 44.6 Å². The van der Waals surface area contributed by atoms with Gasteiger partial charge in [-0.25, -0.2) is 13.8 Å². The summed E-state index contributed by atoms with van der Waals surface area (Å²) in [5, 5.41) is 9.86. The third-order valence-corrected chi connectivity index (χ3v) is 5.69. The predicted molar refractivity (Wildman–Crippen MR) is 105 cm³/mol. The van der Waals surface area contributed by atoms with E-state index in [0.29, 0.717) is 26.1 Å². The molecular weight excluding hydrogens is 394 g/mol. The van der Waals surface area contributed by atoms with E-state index >= 15 is 0 Å². The lowest BCUT2D eigenvalue weighted by atomic mass is 9.93. The molecule has 1 amide bonds. The molecule has 0 aliphatic carbocycles. The van der Waals surface area contributed by atoms with Gasteiger partial charge in [0.15, 0.2) is 5.82 Å². The summed E-state index contributed by atoms with van der Waals surface area (Å²) in [4.78, 5) is 18.8. The highest BCUT2D eigenvalue weighted by molar-refractivity contribution is 6.03. The first kappa shape index (κ1) is 20.6. The van der Waals surface area contributed by atoms with Gasteiger partial charge in [0.1, 0.15) is 17.7 Å². The van der Waals surface area contributed by atoms with Crippen LogP contribution in [0.15, 0.2) is 18.2 Å². The van der Waals surface area contributed by atoms with Gasteiger partial charge in [-0.05, 0) is 31.5 Å². The second-order valence-electron chi connectivity index (χ2n) is 7.85. The molecule has 10 heteroatoms. The van der Waals surface area contributed by atoms with Gasteiger partial charge < -0.3 is 20.4 Å². The smallest absolute Gasteiger partial charge is 0.292 e. The molecule has 1 aromatic heterocycles. The zero-order valence-electron chi connectivity index (χ0n) is 16.8. The normalized spacial score (nSPS) is 24.0. The molecule has 30 heavy (non-hydrogen) atoms. The van der Waals surface area contributed by atoms with E-state index < -0.39 is 29.7 Å². The number of nitrogens with two attached hydrogens (primary N) is 1. The number of carbonyl (C=O) groups excluding carboxylic acids is 1. The summed E-state index contributed by atoms with van der Waals surface area (Å²) in [7, 11) is 1.77. The number of hydrogen-bond donors (Lipinski definition) is 3. The highest BCUT2D eigenvalue weighted by Gasteiger charge is 2.38. The molecule has 2 aliphatic heterocycles. The molecule has 0 spiro atoms. The first-order valence-corrected chi connectivity index (χ1v) is 9.71. The molecule has 160 valence electrons. The van der Waals surface area contributed by atoms with Gasteiger partial charge in [0.25, 0.3) is 5.91 Å². The molecule has 0 unspecified atom stereocenters. The fourth-order valence-electron chi connectivity index (χ4n) is 4.19. The maximum absolute atomic E-state index is 14.1. The largest absolute Gasteiger partial charge is 0.370 e. The second-order valence-corrected chi connectivity index (χ2v) is 7.85. The van der Waals surface area contributed by atoms with Crippen molar-refractivity contribution in [3.8, 4) is 0 Å². The molecular formula is C20H24F2N6O2. The molecule has 4 N–H and O–H groups in total. The van der Waals surface area contributed by atoms with Crippen molar-refractivity contribution in [1.29, 1.82) is 5.41 Å². The van der Waals surface area contributed by atoms with E-state index in [4.69, 9.17) is 15.9 Å². The Balaban J connectivity index is 1.43. The van der Waals surface area contributed by atoms with Gasteiger partial charge in [-0.1, -0.05) is 0 Å². The Labute approximate surface area is 172 Å². The summed E-state index contributed by atoms with van der Waals surface area (Å²) in [6, 6.07) is 2.82. The van der Waals surface area contributed by atoms with Gasteiger partial charge in [-0.3, -0.25) is 15.1 Å². The number of nitrogens with one attached hydrogen (secondary N) is 2. The third kappa shape index (κ3) is 3.73. The predicted octanol–water partition coefficient (Wildman–Crippen LogP) is 1.60. The minimum atomic E-state index is -0.695. The number of nitrogens with zero attached hydrogens (tertiary/aromatic N) is 3. The lowest BCUT2D eigenvalue weighted by Gasteiger charge is -2.38. The Morgan fingerprint density at radius 3 is 2.80 bits per heavy atom. The van der Waals surface area contributed by atoms with Crippen molar-refractivity contribution in [3.63, 3.8) is 0 Å². The number of halogens is 2. The number of imidazole rings is 1. The van der Waals surface area contributed by atoms with Crippen LogP contribution < -0.4 is 11.1 Å². The van der Waals surface area contributed by atoms with Crippen LogP contribution in [0.3, 0.4) is 0 Å². The fraction of sp³-hybridized carbons (Fsp3) is 0.450. The van der Waals surface area contributed by atoms with E-state index in [-0.39, 0.29) is 23.3 Å². The molecule has 8 nitrogen and oxygen atoms in total. The van der Waals surface area contributed by atoms with Crippen LogP contribution in [0, 0.1) is 17.0 Å². The zero-order chi connectivity index (χ0) is 21.6. The molecule has 3 atom stereocenters. The third-order valence-electron chi connectivity index (χ3n) is 5.69. The number of benzene rings is 1. The minimum Gasteiger partial charge on any atom is -0.370 e. The van der Waals surface area contributed by atoms with Crippen LogP contribution >= 0.6 is 0 Å². The monoisotopic (exact) mass is 418 g/mol. The molecule has 2 aromatic rings. The number of rotatable bonds is 3. The van der Waals surface area contributed by atoms with Crippen LogP contribution in [-0.4, -0.2) is 44.9 Å². The van der Waals surface area contributed by atoms with Crippen LogP contribution in [0.4, 0.5) is 8.78 Å². The summed E-state index contributed by atoms with van der Waals surface area (Å²) in [6.45, 7) is 2.95. The summed E-state index contributed by atoms with van der Waals surface area (Å²) >= 11 is 0. The molecule has 0 bridgehead atoms. The molecule has 1 aromatic carbocycles. The Morgan fingerprint density at radius 1 is 1.37 bits per heavy atom. The minimum absolute atomic E-state index is 0.00293. The first-order valence-electron chi connectivity index (χ1n) is 9.71. The van der Waals surface area contributed by atoms with Crippen molar-refractivity contribution >= 4 is 11.7 Å². The number of carbonyl (C=O) groups is 1. The quantitative estimate of drug-likeness (QED) is 0.518. The highest BCUT2D eigenvalue weighted by Crippen LogP contribution is 2.34. The van der Waals surface area contributed by atoms with E-state index in [1.54, 1.807) is 11.6 Å². The standard InChI is InChI=1S/C20H24F2N6O2/c1-10(23)25-20(29)19-26-16-7-28(8-17(16)27(19)2)12-6-15(24)18(30-9-12)13-5-11(21)3-4-14(13)22/h3-5,12,15,18H,6-9,24H2,1-2H3,(H2,23,25,29)/t12-,15+,18-/m1/s1. The van der Waals surface area contributed by atoms with Gasteiger partial charge in [0, 0.05) is 37.8 Å². The lowest BCUT2D eigenvalue weighted by molar-refractivity contribution is -0.0535. The topological polar surface area (TPSA) is 109 Å². The van der Waals surface area contributed by atoms with E-state index in [1.165, 1.54) is 6.92 Å². The Bertz CT molecular complexity index is 1010. The summed E-state index contributed by atoms with van der Waals surface area (Å²) in [5.41, 5.74) is 8.15. The van der Waals surface area contributed by atoms with Crippen molar-refractivity contribution in [3.05, 3.63) is 52.6 Å². The van der Waals surface area contributed by atoms with Gasteiger partial charge in [-0.2, -0.15) is 0 Å². The van der Waals surface area contributed by atoms with Crippen LogP contribution in [0.25, 0.3) is 0 Å². The highest BCUT2D eigenvalue weighted by atomic mass is 19.1. The molecule has 1 fully saturated rings. The van der Waals surface area contributed by atoms with E-state index in [0.717, 1.165) is 29.6 Å². The molecule has 3 heterocycles. The maximum atomic E-state index is 14.1. The number of aromatic nitrogens is 2. The van der Waals surface area contributed by atoms with Crippen LogP contribution in [0.1, 0.15) is 47.0 Å². The fourth-order valence-corrected chi connectivity index (χ4v) is 4.19. The molecule has 0 saturated carbocycles. The van der Waals surface area contributed by atoms with E-state index in [9.17, 15) is 13.6 Å². The van der Waals surface area contributed by atoms with Crippen molar-refractivity contribution in [2.75, 3.05) is 6.61 Å². The summed E-state index contributed by atoms with van der Waals surface area (Å²) in [5.74, 6) is -1.14. The second kappa shape index (κ2) is 7.86. The molecule has 2 aliphatic rings. The van der Waals surface area contributed by atoms with Crippen LogP contribution in [0.5, 0.6) is 0 Å². The number of amidine groups is 1. The number of hydrogen-bond acceptors (Lipinski definition) is 6. The maximum Gasteiger partial charge on any atom is 0.292 e. The van der Waals surface area contributed by atoms with Crippen molar-refractivity contribution < 1.29 is 18.3 Å². The van der Waals surface area contributed by atoms with Gasteiger partial charge in [-0.15, -0.1) is 0 Å². The zero-order valence-corrected chi connectivity index (χ0v) is 16.8. The summed E-state index contributed by atoms with van der Waals surface area (Å²) in [6.07, 6.45) is -0.130. The summed E-state index contributed by atoms with van der Waals surface area (Å²) < 4.78 is 35.3. The van der Waals surface area contributed by atoms with Crippen LogP contribution in [-0.2, 0) is 24.9 Å². The van der Waals surface area contributed by atoms with Gasteiger partial charge in [0.05, 0.1) is 23.8 Å². The molecule has 1 saturated heterocycles. The van der Waals surface area contributed by atoms with Gasteiger partial charge in [0.2, 0.25) is 0 Å².